The van der Waals surface area contributed by atoms with Crippen molar-refractivity contribution in [3.05, 3.63) is 35.4 Å². The molecule has 1 aromatic carbocycles. The molecule has 1 aliphatic heterocycles. The van der Waals surface area contributed by atoms with Crippen LogP contribution in [0.5, 0.6) is 0 Å². The fraction of sp³-hybridized carbons (Fsp3) is 0.682. The molecule has 1 atom stereocenters. The fourth-order valence-corrected chi connectivity index (χ4v) is 5.02. The van der Waals surface area contributed by atoms with Crippen LogP contribution in [0.25, 0.3) is 0 Å². The largest absolute Gasteiger partial charge is 0.379 e. The summed E-state index contributed by atoms with van der Waals surface area (Å²) in [7, 11) is -3.37. The maximum Gasteiger partial charge on any atom is 0.218 e. The van der Waals surface area contributed by atoms with Crippen LogP contribution < -0.4 is 10.6 Å². The number of aliphatic imine (C=N–C) groups is 1. The Labute approximate surface area is 205 Å². The summed E-state index contributed by atoms with van der Waals surface area (Å²) in [5.74, 6) is 0.767. The molecule has 0 aromatic heterocycles. The van der Waals surface area contributed by atoms with Crippen LogP contribution in [0.3, 0.4) is 0 Å². The summed E-state index contributed by atoms with van der Waals surface area (Å²) in [6.07, 6.45) is 4.76. The third-order valence-electron chi connectivity index (χ3n) is 5.20. The van der Waals surface area contributed by atoms with Crippen molar-refractivity contribution in [1.29, 1.82) is 0 Å². The van der Waals surface area contributed by atoms with E-state index in [1.807, 2.05) is 31.2 Å². The van der Waals surface area contributed by atoms with Crippen LogP contribution in [-0.4, -0.2) is 57.6 Å². The van der Waals surface area contributed by atoms with E-state index < -0.39 is 10.0 Å². The quantitative estimate of drug-likeness (QED) is 0.186. The topological polar surface area (TPSA) is 83.0 Å². The number of unbranched alkanes of at least 4 members (excludes halogenated alkanes) is 2. The third kappa shape index (κ3) is 10.0. The molecule has 0 amide bonds. The van der Waals surface area contributed by atoms with E-state index in [2.05, 4.69) is 24.5 Å². The van der Waals surface area contributed by atoms with Gasteiger partial charge in [-0.1, -0.05) is 50.5 Å². The van der Waals surface area contributed by atoms with E-state index in [4.69, 9.17) is 9.73 Å². The number of hydrogen-bond acceptors (Lipinski definition) is 4. The Morgan fingerprint density at radius 1 is 1.16 bits per heavy atom. The number of hydrogen-bond donors (Lipinski definition) is 2. The molecular formula is C22H39IN4O3S. The second-order valence-electron chi connectivity index (χ2n) is 7.77. The van der Waals surface area contributed by atoms with Gasteiger partial charge in [-0.2, -0.15) is 4.31 Å². The SMILES string of the molecule is CCCCCC(C)NC(=NCc1ccccc1CS(=O)(=O)N1CCOCC1)NCC.I. The van der Waals surface area contributed by atoms with Crippen LogP contribution in [0.4, 0.5) is 0 Å². The van der Waals surface area contributed by atoms with Gasteiger partial charge in [0.15, 0.2) is 5.96 Å². The summed E-state index contributed by atoms with van der Waals surface area (Å²) >= 11 is 0. The van der Waals surface area contributed by atoms with Gasteiger partial charge in [0.05, 0.1) is 25.5 Å². The smallest absolute Gasteiger partial charge is 0.218 e. The Kier molecular flexibility index (Phi) is 13.6. The molecule has 7 nitrogen and oxygen atoms in total. The number of sulfonamides is 1. The number of rotatable bonds is 11. The maximum absolute atomic E-state index is 12.8. The van der Waals surface area contributed by atoms with Crippen molar-refractivity contribution in [2.24, 2.45) is 4.99 Å². The Balaban J connectivity index is 0.00000480. The zero-order chi connectivity index (χ0) is 21.8. The lowest BCUT2D eigenvalue weighted by Gasteiger charge is -2.26. The lowest BCUT2D eigenvalue weighted by atomic mass is 10.1. The molecule has 178 valence electrons. The van der Waals surface area contributed by atoms with Crippen LogP contribution in [0, 0.1) is 0 Å². The van der Waals surface area contributed by atoms with Gasteiger partial charge in [-0.15, -0.1) is 24.0 Å². The van der Waals surface area contributed by atoms with Crippen molar-refractivity contribution in [1.82, 2.24) is 14.9 Å². The molecule has 9 heteroatoms. The molecular weight excluding hydrogens is 527 g/mol. The molecule has 0 radical (unpaired) electrons. The maximum atomic E-state index is 12.8. The molecule has 1 heterocycles. The zero-order valence-corrected chi connectivity index (χ0v) is 22.2. The Bertz CT molecular complexity index is 768. The van der Waals surface area contributed by atoms with Crippen molar-refractivity contribution in [3.8, 4) is 0 Å². The molecule has 1 aliphatic rings. The molecule has 0 bridgehead atoms. The monoisotopic (exact) mass is 566 g/mol. The second kappa shape index (κ2) is 15.0. The third-order valence-corrected chi connectivity index (χ3v) is 7.02. The predicted octanol–water partition coefficient (Wildman–Crippen LogP) is 3.49. The standard InChI is InChI=1S/C22H38N4O3S.HI/c1-4-6-7-10-19(3)25-22(23-5-2)24-17-20-11-8-9-12-21(20)18-30(27,28)26-13-15-29-16-14-26;/h8-9,11-12,19H,4-7,10,13-18H2,1-3H3,(H2,23,24,25);1H. The molecule has 0 spiro atoms. The van der Waals surface area contributed by atoms with Crippen molar-refractivity contribution in [2.45, 2.75) is 64.8 Å². The first-order chi connectivity index (χ1) is 14.5. The lowest BCUT2D eigenvalue weighted by Crippen LogP contribution is -2.42. The second-order valence-corrected chi connectivity index (χ2v) is 9.74. The van der Waals surface area contributed by atoms with E-state index in [9.17, 15) is 8.42 Å². The van der Waals surface area contributed by atoms with Crippen LogP contribution in [0.2, 0.25) is 0 Å². The molecule has 2 N–H and O–H groups in total. The van der Waals surface area contributed by atoms with Crippen molar-refractivity contribution in [2.75, 3.05) is 32.8 Å². The van der Waals surface area contributed by atoms with Crippen LogP contribution >= 0.6 is 24.0 Å². The summed E-state index contributed by atoms with van der Waals surface area (Å²) in [4.78, 5) is 4.72. The van der Waals surface area contributed by atoms with Gasteiger partial charge in [-0.25, -0.2) is 13.4 Å². The number of nitrogens with zero attached hydrogens (tertiary/aromatic N) is 2. The first-order valence-corrected chi connectivity index (χ1v) is 12.7. The van der Waals surface area contributed by atoms with Crippen molar-refractivity contribution < 1.29 is 13.2 Å². The van der Waals surface area contributed by atoms with E-state index in [-0.39, 0.29) is 29.7 Å². The van der Waals surface area contributed by atoms with E-state index in [1.54, 1.807) is 0 Å². The highest BCUT2D eigenvalue weighted by atomic mass is 127. The first-order valence-electron chi connectivity index (χ1n) is 11.1. The number of morpholine rings is 1. The van der Waals surface area contributed by atoms with Gasteiger partial charge in [-0.05, 0) is 31.4 Å². The summed E-state index contributed by atoms with van der Waals surface area (Å²) in [5.41, 5.74) is 1.74. The Morgan fingerprint density at radius 2 is 1.84 bits per heavy atom. The lowest BCUT2D eigenvalue weighted by molar-refractivity contribution is 0.0729. The van der Waals surface area contributed by atoms with Gasteiger partial charge in [0, 0.05) is 25.7 Å². The van der Waals surface area contributed by atoms with Gasteiger partial charge >= 0.3 is 0 Å². The molecule has 1 saturated heterocycles. The van der Waals surface area contributed by atoms with Crippen molar-refractivity contribution in [3.63, 3.8) is 0 Å². The predicted molar refractivity (Wildman–Crippen MR) is 138 cm³/mol. The van der Waals surface area contributed by atoms with Crippen LogP contribution in [0.1, 0.15) is 57.6 Å². The minimum Gasteiger partial charge on any atom is -0.379 e. The van der Waals surface area contributed by atoms with E-state index in [0.29, 0.717) is 38.9 Å². The van der Waals surface area contributed by atoms with E-state index in [1.165, 1.54) is 23.6 Å². The van der Waals surface area contributed by atoms with Gasteiger partial charge < -0.3 is 15.4 Å². The average molecular weight is 567 g/mol. The minimum atomic E-state index is -3.37. The van der Waals surface area contributed by atoms with E-state index >= 15 is 0 Å². The first kappa shape index (κ1) is 28.1. The Morgan fingerprint density at radius 3 is 2.48 bits per heavy atom. The number of guanidine groups is 1. The zero-order valence-electron chi connectivity index (χ0n) is 19.1. The van der Waals surface area contributed by atoms with Gasteiger partial charge in [0.1, 0.15) is 0 Å². The number of benzene rings is 1. The highest BCUT2D eigenvalue weighted by Gasteiger charge is 2.25. The Hall–Kier alpha value is -0.910. The van der Waals surface area contributed by atoms with Crippen LogP contribution in [-0.2, 0) is 27.1 Å². The summed E-state index contributed by atoms with van der Waals surface area (Å²) in [6, 6.07) is 8.00. The number of nitrogens with one attached hydrogen (secondary N) is 2. The summed E-state index contributed by atoms with van der Waals surface area (Å²) in [5, 5.41) is 6.76. The minimum absolute atomic E-state index is 0. The molecule has 1 fully saturated rings. The number of halogens is 1. The highest BCUT2D eigenvalue weighted by Crippen LogP contribution is 2.17. The van der Waals surface area contributed by atoms with Crippen LogP contribution in [0.15, 0.2) is 29.3 Å². The average Bonchev–Trinajstić information content (AvgIpc) is 2.74. The molecule has 0 aliphatic carbocycles. The fourth-order valence-electron chi connectivity index (χ4n) is 3.46. The summed E-state index contributed by atoms with van der Waals surface area (Å²) in [6.45, 7) is 9.40. The number of ether oxygens (including phenoxy) is 1. The molecule has 1 unspecified atom stereocenters. The molecule has 31 heavy (non-hydrogen) atoms. The normalized spacial score (nSPS) is 16.4. The molecule has 0 saturated carbocycles. The molecule has 2 rings (SSSR count). The highest BCUT2D eigenvalue weighted by molar-refractivity contribution is 14.0. The summed E-state index contributed by atoms with van der Waals surface area (Å²) < 4.78 is 32.5. The van der Waals surface area contributed by atoms with Crippen molar-refractivity contribution >= 4 is 40.0 Å². The van der Waals surface area contributed by atoms with Gasteiger partial charge in [0.2, 0.25) is 10.0 Å². The molecule has 1 aromatic rings. The van der Waals surface area contributed by atoms with Gasteiger partial charge in [0.25, 0.3) is 0 Å². The van der Waals surface area contributed by atoms with E-state index in [0.717, 1.165) is 30.1 Å². The van der Waals surface area contributed by atoms with Gasteiger partial charge in [-0.3, -0.25) is 0 Å².